The molecular formula is C21H30O5. The Kier molecular flexibility index (Phi) is 7.79. The van der Waals surface area contributed by atoms with Crippen LogP contribution in [0.1, 0.15) is 39.2 Å². The van der Waals surface area contributed by atoms with Gasteiger partial charge in [0, 0.05) is 24.9 Å². The third-order valence-electron chi connectivity index (χ3n) is 5.15. The third kappa shape index (κ3) is 5.15. The summed E-state index contributed by atoms with van der Waals surface area (Å²) in [5.41, 5.74) is 1.07. The summed E-state index contributed by atoms with van der Waals surface area (Å²) in [5, 5.41) is 10.8. The van der Waals surface area contributed by atoms with Crippen molar-refractivity contribution in [1.82, 2.24) is 0 Å². The first-order chi connectivity index (χ1) is 12.5. The van der Waals surface area contributed by atoms with E-state index >= 15 is 0 Å². The molecule has 0 unspecified atom stereocenters. The van der Waals surface area contributed by atoms with E-state index < -0.39 is 17.9 Å². The number of benzene rings is 1. The molecule has 0 radical (unpaired) electrons. The highest BCUT2D eigenvalue weighted by Crippen LogP contribution is 2.38. The van der Waals surface area contributed by atoms with Crippen LogP contribution >= 0.6 is 0 Å². The summed E-state index contributed by atoms with van der Waals surface area (Å²) in [6.07, 6.45) is -0.237. The number of aliphatic hydroxyl groups is 1. The van der Waals surface area contributed by atoms with E-state index in [1.54, 1.807) is 6.92 Å². The number of Topliss-reactive ketones (excluding diaryl/α,β-unsaturated/α-hetero) is 1. The van der Waals surface area contributed by atoms with Crippen LogP contribution < -0.4 is 0 Å². The maximum Gasteiger partial charge on any atom is 0.309 e. The predicted molar refractivity (Wildman–Crippen MR) is 98.3 cm³/mol. The maximum atomic E-state index is 12.5. The lowest BCUT2D eigenvalue weighted by atomic mass is 9.66. The van der Waals surface area contributed by atoms with Crippen LogP contribution in [0.3, 0.4) is 0 Å². The minimum Gasteiger partial charge on any atom is -0.466 e. The van der Waals surface area contributed by atoms with Crippen molar-refractivity contribution in [2.75, 3.05) is 13.2 Å². The highest BCUT2D eigenvalue weighted by atomic mass is 16.5. The van der Waals surface area contributed by atoms with Crippen LogP contribution in [0.5, 0.6) is 0 Å². The third-order valence-corrected chi connectivity index (χ3v) is 5.15. The molecule has 0 aromatic heterocycles. The lowest BCUT2D eigenvalue weighted by Crippen LogP contribution is -2.49. The fraction of sp³-hybridized carbons (Fsp3) is 0.619. The van der Waals surface area contributed by atoms with Crippen molar-refractivity contribution in [3.8, 4) is 0 Å². The highest BCUT2D eigenvalue weighted by Gasteiger charge is 2.47. The Morgan fingerprint density at radius 1 is 1.27 bits per heavy atom. The molecule has 0 spiro atoms. The number of rotatable bonds is 8. The number of carbonyl (C=O) groups is 2. The van der Waals surface area contributed by atoms with Crippen LogP contribution in [0, 0.1) is 23.7 Å². The first kappa shape index (κ1) is 20.6. The molecular weight excluding hydrogens is 332 g/mol. The molecule has 26 heavy (non-hydrogen) atoms. The van der Waals surface area contributed by atoms with Gasteiger partial charge in [-0.3, -0.25) is 9.59 Å². The van der Waals surface area contributed by atoms with Crippen molar-refractivity contribution in [1.29, 1.82) is 0 Å². The topological polar surface area (TPSA) is 72.8 Å². The molecule has 5 heteroatoms. The number of ketones is 1. The second-order valence-electron chi connectivity index (χ2n) is 7.27. The zero-order valence-corrected chi connectivity index (χ0v) is 15.9. The highest BCUT2D eigenvalue weighted by molar-refractivity contribution is 5.88. The number of hydrogen-bond acceptors (Lipinski definition) is 5. The van der Waals surface area contributed by atoms with Gasteiger partial charge in [0.1, 0.15) is 5.78 Å². The van der Waals surface area contributed by atoms with Crippen LogP contribution in [0.4, 0.5) is 0 Å². The van der Waals surface area contributed by atoms with Gasteiger partial charge in [-0.15, -0.1) is 0 Å². The summed E-state index contributed by atoms with van der Waals surface area (Å²) in [7, 11) is 0. The molecule has 0 amide bonds. The van der Waals surface area contributed by atoms with E-state index in [9.17, 15) is 14.7 Å². The Balaban J connectivity index is 1.94. The standard InChI is InChI=1S/C21H30O5/c1-4-26-21(24)17-12-18(22)16(20(23)19(17)14(2)3)10-11-25-13-15-8-6-5-7-9-15/h5-9,14,16-17,19-20,23H,4,10-13H2,1-3H3/t16-,17-,19+,20-/m0/s1. The number of carbonyl (C=O) groups excluding carboxylic acids is 2. The van der Waals surface area contributed by atoms with Crippen molar-refractivity contribution >= 4 is 11.8 Å². The molecule has 0 saturated heterocycles. The Labute approximate surface area is 155 Å². The van der Waals surface area contributed by atoms with Crippen LogP contribution in [0.2, 0.25) is 0 Å². The minimum atomic E-state index is -0.842. The monoisotopic (exact) mass is 362 g/mol. The number of ether oxygens (including phenoxy) is 2. The van der Waals surface area contributed by atoms with Crippen LogP contribution in [-0.2, 0) is 25.7 Å². The average molecular weight is 362 g/mol. The van der Waals surface area contributed by atoms with E-state index in [2.05, 4.69) is 0 Å². The quantitative estimate of drug-likeness (QED) is 0.568. The molecule has 5 nitrogen and oxygen atoms in total. The van der Waals surface area contributed by atoms with Gasteiger partial charge in [-0.1, -0.05) is 44.2 Å². The van der Waals surface area contributed by atoms with Crippen LogP contribution in [-0.4, -0.2) is 36.2 Å². The summed E-state index contributed by atoms with van der Waals surface area (Å²) < 4.78 is 10.8. The van der Waals surface area contributed by atoms with E-state index in [1.165, 1.54) is 0 Å². The van der Waals surface area contributed by atoms with E-state index in [0.717, 1.165) is 5.56 Å². The van der Waals surface area contributed by atoms with Gasteiger partial charge in [0.05, 0.1) is 25.2 Å². The number of hydrogen-bond donors (Lipinski definition) is 1. The molecule has 1 aromatic rings. The molecule has 2 rings (SSSR count). The summed E-state index contributed by atoms with van der Waals surface area (Å²) in [6.45, 7) is 6.85. The average Bonchev–Trinajstić information content (AvgIpc) is 2.61. The smallest absolute Gasteiger partial charge is 0.309 e. The largest absolute Gasteiger partial charge is 0.466 e. The Hall–Kier alpha value is -1.72. The van der Waals surface area contributed by atoms with Crippen molar-refractivity contribution in [2.45, 2.75) is 46.3 Å². The predicted octanol–water partition coefficient (Wildman–Crippen LogP) is 2.99. The molecule has 4 atom stereocenters. The van der Waals surface area contributed by atoms with Crippen molar-refractivity contribution in [2.24, 2.45) is 23.7 Å². The lowest BCUT2D eigenvalue weighted by molar-refractivity contribution is -0.163. The first-order valence-corrected chi connectivity index (χ1v) is 9.44. The van der Waals surface area contributed by atoms with E-state index in [1.807, 2.05) is 44.2 Å². The summed E-state index contributed by atoms with van der Waals surface area (Å²) >= 11 is 0. The van der Waals surface area contributed by atoms with Gasteiger partial charge >= 0.3 is 5.97 Å². The van der Waals surface area contributed by atoms with Crippen molar-refractivity contribution in [3.05, 3.63) is 35.9 Å². The van der Waals surface area contributed by atoms with Crippen LogP contribution in [0.25, 0.3) is 0 Å². The fourth-order valence-corrected chi connectivity index (χ4v) is 3.86. The molecule has 1 N–H and O–H groups in total. The molecule has 0 bridgehead atoms. The van der Waals surface area contributed by atoms with Gasteiger partial charge in [-0.25, -0.2) is 0 Å². The molecule has 1 fully saturated rings. The number of esters is 1. The van der Waals surface area contributed by atoms with E-state index in [4.69, 9.17) is 9.47 Å². The molecule has 1 aliphatic carbocycles. The van der Waals surface area contributed by atoms with E-state index in [-0.39, 0.29) is 36.6 Å². The Morgan fingerprint density at radius 3 is 2.58 bits per heavy atom. The Bertz CT molecular complexity index is 583. The zero-order valence-electron chi connectivity index (χ0n) is 15.9. The van der Waals surface area contributed by atoms with Gasteiger partial charge in [0.15, 0.2) is 0 Å². The minimum absolute atomic E-state index is 0.0734. The molecule has 0 aliphatic heterocycles. The molecule has 1 aliphatic rings. The second-order valence-corrected chi connectivity index (χ2v) is 7.27. The normalized spacial score (nSPS) is 26.1. The van der Waals surface area contributed by atoms with Gasteiger partial charge < -0.3 is 14.6 Å². The molecule has 0 heterocycles. The SMILES string of the molecule is CCOC(=O)[C@H]1CC(=O)[C@H](CCOCc2ccccc2)[C@H](O)[C@@H]1C(C)C. The molecule has 1 aromatic carbocycles. The maximum absolute atomic E-state index is 12.5. The van der Waals surface area contributed by atoms with E-state index in [0.29, 0.717) is 19.6 Å². The summed E-state index contributed by atoms with van der Waals surface area (Å²) in [4.78, 5) is 24.8. The van der Waals surface area contributed by atoms with Gasteiger partial charge in [0.25, 0.3) is 0 Å². The lowest BCUT2D eigenvalue weighted by Gasteiger charge is -2.40. The van der Waals surface area contributed by atoms with Crippen molar-refractivity contribution < 1.29 is 24.2 Å². The van der Waals surface area contributed by atoms with Crippen molar-refractivity contribution in [3.63, 3.8) is 0 Å². The first-order valence-electron chi connectivity index (χ1n) is 9.44. The van der Waals surface area contributed by atoms with Gasteiger partial charge in [-0.2, -0.15) is 0 Å². The van der Waals surface area contributed by atoms with Gasteiger partial charge in [-0.05, 0) is 24.8 Å². The number of aliphatic hydroxyl groups excluding tert-OH is 1. The molecule has 144 valence electrons. The second kappa shape index (κ2) is 9.83. The van der Waals surface area contributed by atoms with Crippen LogP contribution in [0.15, 0.2) is 30.3 Å². The molecule has 1 saturated carbocycles. The zero-order chi connectivity index (χ0) is 19.1. The van der Waals surface area contributed by atoms with Gasteiger partial charge in [0.2, 0.25) is 0 Å². The summed E-state index contributed by atoms with van der Waals surface area (Å²) in [5.74, 6) is -1.68. The Morgan fingerprint density at radius 2 is 1.96 bits per heavy atom. The summed E-state index contributed by atoms with van der Waals surface area (Å²) in [6, 6.07) is 9.83. The fourth-order valence-electron chi connectivity index (χ4n) is 3.86.